The molecule has 0 aliphatic carbocycles. The van der Waals surface area contributed by atoms with Crippen LogP contribution in [0.25, 0.3) is 12.2 Å². The Kier molecular flexibility index (Phi) is 9.18. The minimum Gasteiger partial charge on any atom is -0.322 e. The van der Waals surface area contributed by atoms with Crippen molar-refractivity contribution >= 4 is 69.9 Å². The third kappa shape index (κ3) is 7.74. The van der Waals surface area contributed by atoms with Crippen LogP contribution in [-0.2, 0) is 9.59 Å². The highest BCUT2D eigenvalue weighted by Crippen LogP contribution is 2.30. The number of hydrogen-bond donors (Lipinski definition) is 2. The predicted molar refractivity (Wildman–Crippen MR) is 155 cm³/mol. The van der Waals surface area contributed by atoms with Crippen LogP contribution >= 0.6 is 23.2 Å². The Morgan fingerprint density at radius 1 is 0.632 bits per heavy atom. The minimum absolute atomic E-state index is 0.362. The second-order valence-corrected chi connectivity index (χ2v) is 8.77. The molecular weight excluding hydrogens is 519 g/mol. The van der Waals surface area contributed by atoms with Crippen LogP contribution in [-0.4, -0.2) is 11.8 Å². The lowest BCUT2D eigenvalue weighted by Gasteiger charge is -2.09. The topological polar surface area (TPSA) is 82.9 Å². The van der Waals surface area contributed by atoms with Crippen LogP contribution in [0.5, 0.6) is 0 Å². The van der Waals surface area contributed by atoms with Crippen LogP contribution < -0.4 is 10.6 Å². The molecule has 0 aliphatic heterocycles. The molecule has 38 heavy (non-hydrogen) atoms. The fourth-order valence-electron chi connectivity index (χ4n) is 3.32. The second kappa shape index (κ2) is 13.1. The van der Waals surface area contributed by atoms with E-state index in [1.54, 1.807) is 48.6 Å². The highest BCUT2D eigenvalue weighted by molar-refractivity contribution is 6.32. The third-order valence-electron chi connectivity index (χ3n) is 5.19. The van der Waals surface area contributed by atoms with Crippen molar-refractivity contribution in [1.82, 2.24) is 0 Å². The Bertz CT molecular complexity index is 1530. The van der Waals surface area contributed by atoms with Gasteiger partial charge in [-0.1, -0.05) is 77.8 Å². The SMILES string of the molecule is O=C(/C=C/c1ccccc1Cl)Nc1ccc(N=Nc2ccccc2)c(NC(=O)/C=C/c2ccccc2Cl)c1. The number of hydrogen-bond acceptors (Lipinski definition) is 4. The van der Waals surface area contributed by atoms with Crippen molar-refractivity contribution in [1.29, 1.82) is 0 Å². The van der Waals surface area contributed by atoms with Crippen LogP contribution in [0.2, 0.25) is 10.0 Å². The summed E-state index contributed by atoms with van der Waals surface area (Å²) in [5.41, 5.74) is 3.33. The monoisotopic (exact) mass is 540 g/mol. The Morgan fingerprint density at radius 2 is 1.18 bits per heavy atom. The summed E-state index contributed by atoms with van der Waals surface area (Å²) in [6.45, 7) is 0. The molecule has 0 atom stereocenters. The van der Waals surface area contributed by atoms with Gasteiger partial charge in [-0.2, -0.15) is 5.11 Å². The second-order valence-electron chi connectivity index (χ2n) is 7.96. The van der Waals surface area contributed by atoms with Crippen molar-refractivity contribution in [3.05, 3.63) is 130 Å². The largest absolute Gasteiger partial charge is 0.322 e. The maximum Gasteiger partial charge on any atom is 0.248 e. The highest BCUT2D eigenvalue weighted by Gasteiger charge is 2.09. The van der Waals surface area contributed by atoms with Crippen molar-refractivity contribution in [3.63, 3.8) is 0 Å². The summed E-state index contributed by atoms with van der Waals surface area (Å²) in [6, 6.07) is 28.6. The molecular formula is C30H22Cl2N4O2. The van der Waals surface area contributed by atoms with Gasteiger partial charge < -0.3 is 10.6 Å². The van der Waals surface area contributed by atoms with E-state index in [9.17, 15) is 9.59 Å². The molecule has 0 heterocycles. The van der Waals surface area contributed by atoms with Crippen molar-refractivity contribution in [3.8, 4) is 0 Å². The third-order valence-corrected chi connectivity index (χ3v) is 5.88. The van der Waals surface area contributed by atoms with Crippen LogP contribution in [0, 0.1) is 0 Å². The Hall–Kier alpha value is -4.52. The van der Waals surface area contributed by atoms with Gasteiger partial charge in [-0.05, 0) is 65.7 Å². The first-order valence-corrected chi connectivity index (χ1v) is 12.3. The number of carbonyl (C=O) groups excluding carboxylic acids is 2. The van der Waals surface area contributed by atoms with Gasteiger partial charge in [0, 0.05) is 27.9 Å². The van der Waals surface area contributed by atoms with Crippen molar-refractivity contribution in [2.75, 3.05) is 10.6 Å². The molecule has 2 amide bonds. The van der Waals surface area contributed by atoms with E-state index in [2.05, 4.69) is 20.9 Å². The average molecular weight is 541 g/mol. The molecule has 2 N–H and O–H groups in total. The average Bonchev–Trinajstić information content (AvgIpc) is 2.92. The molecule has 0 fully saturated rings. The standard InChI is InChI=1S/C30H22Cl2N4O2/c31-25-12-6-4-8-21(25)14-18-29(37)33-24-16-17-27(36-35-23-10-2-1-3-11-23)28(20-24)34-30(38)19-15-22-9-5-7-13-26(22)32/h1-20H,(H,33,37)(H,34,38)/b18-14+,19-15+,36-35?. The molecule has 4 aromatic carbocycles. The van der Waals surface area contributed by atoms with E-state index in [1.807, 2.05) is 60.7 Å². The van der Waals surface area contributed by atoms with Gasteiger partial charge in [0.2, 0.25) is 11.8 Å². The van der Waals surface area contributed by atoms with Gasteiger partial charge in [0.15, 0.2) is 0 Å². The minimum atomic E-state index is -0.400. The van der Waals surface area contributed by atoms with Gasteiger partial charge in [-0.3, -0.25) is 9.59 Å². The van der Waals surface area contributed by atoms with Gasteiger partial charge in [0.25, 0.3) is 0 Å². The molecule has 0 saturated heterocycles. The zero-order valence-corrected chi connectivity index (χ0v) is 21.5. The van der Waals surface area contributed by atoms with Gasteiger partial charge >= 0.3 is 0 Å². The zero-order chi connectivity index (χ0) is 26.7. The molecule has 4 aromatic rings. The molecule has 4 rings (SSSR count). The number of azo groups is 1. The Morgan fingerprint density at radius 3 is 1.79 bits per heavy atom. The van der Waals surface area contributed by atoms with E-state index in [1.165, 1.54) is 12.2 Å². The van der Waals surface area contributed by atoms with E-state index >= 15 is 0 Å². The van der Waals surface area contributed by atoms with E-state index in [4.69, 9.17) is 23.2 Å². The van der Waals surface area contributed by atoms with Crippen molar-refractivity contribution < 1.29 is 9.59 Å². The summed E-state index contributed by atoms with van der Waals surface area (Å²) in [4.78, 5) is 25.2. The molecule has 0 saturated carbocycles. The predicted octanol–water partition coefficient (Wildman–Crippen LogP) is 8.71. The van der Waals surface area contributed by atoms with Gasteiger partial charge in [-0.15, -0.1) is 5.11 Å². The van der Waals surface area contributed by atoms with Crippen LogP contribution in [0.1, 0.15) is 11.1 Å². The molecule has 188 valence electrons. The van der Waals surface area contributed by atoms with E-state index in [0.717, 1.165) is 5.56 Å². The number of halogens is 2. The van der Waals surface area contributed by atoms with Crippen LogP contribution in [0.15, 0.2) is 119 Å². The van der Waals surface area contributed by atoms with Gasteiger partial charge in [0.05, 0.1) is 11.4 Å². The Labute approximate surface area is 230 Å². The normalized spacial score (nSPS) is 11.3. The first-order chi connectivity index (χ1) is 18.5. The summed E-state index contributed by atoms with van der Waals surface area (Å²) in [6.07, 6.45) is 6.00. The first-order valence-electron chi connectivity index (χ1n) is 11.6. The first kappa shape index (κ1) is 26.5. The highest BCUT2D eigenvalue weighted by atomic mass is 35.5. The Balaban J connectivity index is 1.55. The number of nitrogens with one attached hydrogen (secondary N) is 2. The quantitative estimate of drug-likeness (QED) is 0.173. The van der Waals surface area contributed by atoms with Crippen molar-refractivity contribution in [2.24, 2.45) is 10.2 Å². The fourth-order valence-corrected chi connectivity index (χ4v) is 3.71. The fraction of sp³-hybridized carbons (Fsp3) is 0. The summed E-state index contributed by atoms with van der Waals surface area (Å²) < 4.78 is 0. The van der Waals surface area contributed by atoms with Crippen LogP contribution in [0.4, 0.5) is 22.7 Å². The number of nitrogens with zero attached hydrogens (tertiary/aromatic N) is 2. The number of anilines is 2. The molecule has 6 nitrogen and oxygen atoms in total. The molecule has 0 radical (unpaired) electrons. The summed E-state index contributed by atoms with van der Waals surface area (Å²) in [5, 5.41) is 15.2. The maximum atomic E-state index is 12.7. The van der Waals surface area contributed by atoms with Gasteiger partial charge in [0.1, 0.15) is 5.69 Å². The number of rotatable bonds is 8. The lowest BCUT2D eigenvalue weighted by molar-refractivity contribution is -0.112. The number of benzene rings is 4. The van der Waals surface area contributed by atoms with Gasteiger partial charge in [-0.25, -0.2) is 0 Å². The lowest BCUT2D eigenvalue weighted by Crippen LogP contribution is -2.10. The lowest BCUT2D eigenvalue weighted by atomic mass is 10.2. The summed E-state index contributed by atoms with van der Waals surface area (Å²) in [7, 11) is 0. The van der Waals surface area contributed by atoms with E-state index in [0.29, 0.717) is 38.4 Å². The summed E-state index contributed by atoms with van der Waals surface area (Å²) in [5.74, 6) is -0.761. The summed E-state index contributed by atoms with van der Waals surface area (Å²) >= 11 is 12.3. The molecule has 0 unspecified atom stereocenters. The molecule has 0 spiro atoms. The molecule has 0 aliphatic rings. The number of amides is 2. The van der Waals surface area contributed by atoms with Crippen LogP contribution in [0.3, 0.4) is 0 Å². The molecule has 0 aromatic heterocycles. The zero-order valence-electron chi connectivity index (χ0n) is 20.0. The molecule has 8 heteroatoms. The maximum absolute atomic E-state index is 12.7. The number of carbonyl (C=O) groups is 2. The van der Waals surface area contributed by atoms with E-state index in [-0.39, 0.29) is 5.91 Å². The van der Waals surface area contributed by atoms with E-state index < -0.39 is 5.91 Å². The smallest absolute Gasteiger partial charge is 0.248 e. The van der Waals surface area contributed by atoms with Crippen molar-refractivity contribution in [2.45, 2.75) is 0 Å². The molecule has 0 bridgehead atoms.